The van der Waals surface area contributed by atoms with Crippen LogP contribution in [0.4, 0.5) is 10.6 Å². The molecule has 10 nitrogen and oxygen atoms in total. The Labute approximate surface area is 213 Å². The van der Waals surface area contributed by atoms with E-state index in [1.165, 1.54) is 5.56 Å². The number of aryl methyl sites for hydroxylation is 2. The van der Waals surface area contributed by atoms with Gasteiger partial charge in [-0.25, -0.2) is 14.6 Å². The van der Waals surface area contributed by atoms with Crippen molar-refractivity contribution in [3.8, 4) is 0 Å². The number of aromatic nitrogens is 3. The van der Waals surface area contributed by atoms with Crippen LogP contribution < -0.4 is 10.6 Å². The summed E-state index contributed by atoms with van der Waals surface area (Å²) in [5.41, 5.74) is 1.70. The van der Waals surface area contributed by atoms with Crippen LogP contribution in [0.15, 0.2) is 30.6 Å². The minimum absolute atomic E-state index is 0.283. The van der Waals surface area contributed by atoms with Crippen molar-refractivity contribution in [1.82, 2.24) is 25.0 Å². The number of nitrogens with zero attached hydrogens (tertiary/aromatic N) is 4. The summed E-state index contributed by atoms with van der Waals surface area (Å²) in [6.45, 7) is 9.03. The van der Waals surface area contributed by atoms with E-state index >= 15 is 0 Å². The molecule has 0 aromatic carbocycles. The molecule has 198 valence electrons. The van der Waals surface area contributed by atoms with E-state index in [-0.39, 0.29) is 6.42 Å². The molecule has 0 fully saturated rings. The molecule has 2 aromatic heterocycles. The second kappa shape index (κ2) is 13.2. The molecule has 0 saturated heterocycles. The van der Waals surface area contributed by atoms with Crippen LogP contribution in [-0.4, -0.2) is 74.7 Å². The quantitative estimate of drug-likeness (QED) is 0.358. The lowest BCUT2D eigenvalue weighted by atomic mass is 10.1. The molecule has 0 aliphatic carbocycles. The highest BCUT2D eigenvalue weighted by atomic mass is 16.6. The standard InChI is InChI=1S/C26H40N6O4/c1-26(2,3)36-25(35)30-22(24(33)34)12-17-31(18-19-32-16-7-14-28-32)15-5-4-9-21-11-10-20-8-6-13-27-23(20)29-21/h7,10-11,14,16,22H,4-6,8-9,12-13,15,17-19H2,1-3H3,(H,27,29)(H,30,35)(H,33,34)/t22-/m0/s1. The summed E-state index contributed by atoms with van der Waals surface area (Å²) in [5, 5.41) is 19.8. The van der Waals surface area contributed by atoms with Crippen LogP contribution in [0.1, 0.15) is 57.7 Å². The van der Waals surface area contributed by atoms with Gasteiger partial charge < -0.3 is 25.4 Å². The zero-order valence-electron chi connectivity index (χ0n) is 21.7. The summed E-state index contributed by atoms with van der Waals surface area (Å²) >= 11 is 0. The summed E-state index contributed by atoms with van der Waals surface area (Å²) in [4.78, 5) is 30.9. The lowest BCUT2D eigenvalue weighted by Gasteiger charge is -2.25. The highest BCUT2D eigenvalue weighted by Gasteiger charge is 2.24. The smallest absolute Gasteiger partial charge is 0.408 e. The number of alkyl carbamates (subject to hydrolysis) is 1. The van der Waals surface area contributed by atoms with E-state index in [9.17, 15) is 14.7 Å². The van der Waals surface area contributed by atoms with E-state index in [0.29, 0.717) is 13.1 Å². The summed E-state index contributed by atoms with van der Waals surface area (Å²) in [6, 6.07) is 5.18. The van der Waals surface area contributed by atoms with Gasteiger partial charge in [0.15, 0.2) is 0 Å². The van der Waals surface area contributed by atoms with Crippen molar-refractivity contribution < 1.29 is 19.4 Å². The second-order valence-corrected chi connectivity index (χ2v) is 10.2. The number of carbonyl (C=O) groups excluding carboxylic acids is 1. The lowest BCUT2D eigenvalue weighted by molar-refractivity contribution is -0.139. The monoisotopic (exact) mass is 500 g/mol. The number of unbranched alkanes of at least 4 members (excludes halogenated alkanes) is 1. The third-order valence-corrected chi connectivity index (χ3v) is 6.04. The first kappa shape index (κ1) is 27.4. The summed E-state index contributed by atoms with van der Waals surface area (Å²) in [6.07, 6.45) is 8.31. The summed E-state index contributed by atoms with van der Waals surface area (Å²) in [7, 11) is 0. The van der Waals surface area contributed by atoms with Gasteiger partial charge in [-0.2, -0.15) is 5.10 Å². The highest BCUT2D eigenvalue weighted by Crippen LogP contribution is 2.20. The van der Waals surface area contributed by atoms with Gasteiger partial charge in [0, 0.05) is 37.7 Å². The van der Waals surface area contributed by atoms with Crippen LogP contribution in [0.2, 0.25) is 0 Å². The van der Waals surface area contributed by atoms with Crippen molar-refractivity contribution in [1.29, 1.82) is 0 Å². The Morgan fingerprint density at radius 1 is 1.25 bits per heavy atom. The first-order chi connectivity index (χ1) is 17.2. The number of nitrogens with one attached hydrogen (secondary N) is 2. The van der Waals surface area contributed by atoms with Crippen LogP contribution in [0.5, 0.6) is 0 Å². The van der Waals surface area contributed by atoms with Crippen LogP contribution in [0.3, 0.4) is 0 Å². The third-order valence-electron chi connectivity index (χ3n) is 6.04. The largest absolute Gasteiger partial charge is 0.480 e. The van der Waals surface area contributed by atoms with Crippen molar-refractivity contribution in [2.75, 3.05) is 31.5 Å². The number of hydrogen-bond donors (Lipinski definition) is 3. The first-order valence-corrected chi connectivity index (χ1v) is 12.8. The fourth-order valence-corrected chi connectivity index (χ4v) is 4.18. The van der Waals surface area contributed by atoms with Crippen LogP contribution in [0.25, 0.3) is 0 Å². The first-order valence-electron chi connectivity index (χ1n) is 12.8. The Bertz CT molecular complexity index is 973. The van der Waals surface area contributed by atoms with Gasteiger partial charge >= 0.3 is 12.1 Å². The fraction of sp³-hybridized carbons (Fsp3) is 0.615. The number of amides is 1. The van der Waals surface area contributed by atoms with Gasteiger partial charge in [0.25, 0.3) is 0 Å². The molecule has 0 radical (unpaired) electrons. The number of fused-ring (bicyclic) bond motifs is 1. The minimum Gasteiger partial charge on any atom is -0.480 e. The van der Waals surface area contributed by atoms with E-state index in [2.05, 4.69) is 32.8 Å². The zero-order chi connectivity index (χ0) is 26.0. The molecule has 10 heteroatoms. The molecule has 1 aliphatic heterocycles. The molecule has 0 saturated carbocycles. The average molecular weight is 501 g/mol. The number of anilines is 1. The average Bonchev–Trinajstić information content (AvgIpc) is 3.34. The Hall–Kier alpha value is -3.14. The maximum atomic E-state index is 12.1. The molecular formula is C26H40N6O4. The Balaban J connectivity index is 1.50. The van der Waals surface area contributed by atoms with Crippen molar-refractivity contribution in [3.63, 3.8) is 0 Å². The second-order valence-electron chi connectivity index (χ2n) is 10.2. The van der Waals surface area contributed by atoms with Gasteiger partial charge in [-0.05, 0) is 83.5 Å². The lowest BCUT2D eigenvalue weighted by Crippen LogP contribution is -2.45. The molecule has 3 N–H and O–H groups in total. The summed E-state index contributed by atoms with van der Waals surface area (Å²) < 4.78 is 7.09. The number of carboxylic acid groups (broad SMARTS) is 1. The van der Waals surface area contributed by atoms with E-state index in [4.69, 9.17) is 9.72 Å². The Morgan fingerprint density at radius 2 is 2.08 bits per heavy atom. The molecule has 1 atom stereocenters. The molecule has 36 heavy (non-hydrogen) atoms. The third kappa shape index (κ3) is 9.49. The zero-order valence-corrected chi connectivity index (χ0v) is 21.7. The molecule has 2 aromatic rings. The van der Waals surface area contributed by atoms with Crippen molar-refractivity contribution in [2.45, 2.75) is 77.5 Å². The number of carbonyl (C=O) groups is 2. The Kier molecular flexibility index (Phi) is 10.1. The van der Waals surface area contributed by atoms with Gasteiger partial charge in [0.2, 0.25) is 0 Å². The Morgan fingerprint density at radius 3 is 2.81 bits per heavy atom. The maximum Gasteiger partial charge on any atom is 0.408 e. The number of pyridine rings is 1. The predicted molar refractivity (Wildman–Crippen MR) is 138 cm³/mol. The summed E-state index contributed by atoms with van der Waals surface area (Å²) in [5.74, 6) is -0.0447. The van der Waals surface area contributed by atoms with Gasteiger partial charge in [-0.1, -0.05) is 6.07 Å². The van der Waals surface area contributed by atoms with E-state index < -0.39 is 23.7 Å². The highest BCUT2D eigenvalue weighted by molar-refractivity contribution is 5.80. The van der Waals surface area contributed by atoms with Crippen LogP contribution >= 0.6 is 0 Å². The molecule has 3 rings (SSSR count). The molecule has 0 spiro atoms. The van der Waals surface area contributed by atoms with Gasteiger partial charge in [0.1, 0.15) is 17.5 Å². The maximum absolute atomic E-state index is 12.1. The number of aliphatic carboxylic acids is 1. The van der Waals surface area contributed by atoms with Gasteiger partial charge in [0.05, 0.1) is 6.54 Å². The molecule has 1 aliphatic rings. The van der Waals surface area contributed by atoms with E-state index in [1.54, 1.807) is 27.0 Å². The predicted octanol–water partition coefficient (Wildman–Crippen LogP) is 3.33. The van der Waals surface area contributed by atoms with E-state index in [1.807, 2.05) is 16.9 Å². The molecule has 1 amide bonds. The molecule has 0 bridgehead atoms. The number of carboxylic acids is 1. The van der Waals surface area contributed by atoms with E-state index in [0.717, 1.165) is 63.3 Å². The van der Waals surface area contributed by atoms with Crippen LogP contribution in [0, 0.1) is 0 Å². The number of rotatable bonds is 13. The molecule has 3 heterocycles. The molecule has 0 unspecified atom stereocenters. The minimum atomic E-state index is -1.07. The van der Waals surface area contributed by atoms with Crippen molar-refractivity contribution in [3.05, 3.63) is 41.9 Å². The van der Waals surface area contributed by atoms with Gasteiger partial charge in [-0.3, -0.25) is 4.68 Å². The number of ether oxygens (including phenoxy) is 1. The van der Waals surface area contributed by atoms with Crippen LogP contribution in [-0.2, 0) is 28.9 Å². The van der Waals surface area contributed by atoms with Crippen molar-refractivity contribution in [2.24, 2.45) is 0 Å². The SMILES string of the molecule is CC(C)(C)OC(=O)N[C@@H](CCN(CCCCc1ccc2c(n1)NCCC2)CCn1cccn1)C(=O)O. The number of hydrogen-bond acceptors (Lipinski definition) is 7. The topological polar surface area (TPSA) is 122 Å². The van der Waals surface area contributed by atoms with Crippen molar-refractivity contribution >= 4 is 17.9 Å². The van der Waals surface area contributed by atoms with Gasteiger partial charge in [-0.15, -0.1) is 0 Å². The molecular weight excluding hydrogens is 460 g/mol. The normalized spacial score (nSPS) is 14.1. The fourth-order valence-electron chi connectivity index (χ4n) is 4.18.